The number of hydrogen-bond acceptors (Lipinski definition) is 3. The van der Waals surface area contributed by atoms with Crippen molar-refractivity contribution in [1.29, 1.82) is 0 Å². The number of para-hydroxylation sites is 1. The van der Waals surface area contributed by atoms with Crippen LogP contribution in [0.4, 0.5) is 0 Å². The van der Waals surface area contributed by atoms with E-state index in [0.29, 0.717) is 18.0 Å². The Morgan fingerprint density at radius 1 is 1.32 bits per heavy atom. The highest BCUT2D eigenvalue weighted by Gasteiger charge is 2.28. The van der Waals surface area contributed by atoms with Crippen molar-refractivity contribution in [3.05, 3.63) is 29.8 Å². The molecule has 1 N–H and O–H groups in total. The molecular weight excluding hydrogens is 236 g/mol. The quantitative estimate of drug-likeness (QED) is 0.902. The first-order valence-corrected chi connectivity index (χ1v) is 7.17. The topological polar surface area (TPSA) is 24.5 Å². The van der Waals surface area contributed by atoms with E-state index in [1.165, 1.54) is 18.5 Å². The van der Waals surface area contributed by atoms with E-state index in [-0.39, 0.29) is 0 Å². The van der Waals surface area contributed by atoms with Crippen LogP contribution in [0.15, 0.2) is 24.3 Å². The van der Waals surface area contributed by atoms with E-state index in [1.807, 2.05) is 12.1 Å². The maximum Gasteiger partial charge on any atom is 0.123 e. The minimum atomic E-state index is 0.594. The summed E-state index contributed by atoms with van der Waals surface area (Å²) in [5, 5.41) is 3.71. The van der Waals surface area contributed by atoms with Crippen LogP contribution in [0, 0.1) is 5.92 Å². The molecule has 19 heavy (non-hydrogen) atoms. The van der Waals surface area contributed by atoms with Gasteiger partial charge >= 0.3 is 0 Å². The summed E-state index contributed by atoms with van der Waals surface area (Å²) in [5.41, 5.74) is 1.24. The summed E-state index contributed by atoms with van der Waals surface area (Å²) in [6.45, 7) is 6.70. The highest BCUT2D eigenvalue weighted by molar-refractivity contribution is 5.33. The Kier molecular flexibility index (Phi) is 4.83. The highest BCUT2D eigenvalue weighted by Crippen LogP contribution is 2.22. The van der Waals surface area contributed by atoms with Gasteiger partial charge in [0.15, 0.2) is 0 Å². The third kappa shape index (κ3) is 3.48. The molecule has 3 atom stereocenters. The fourth-order valence-electron chi connectivity index (χ4n) is 2.92. The van der Waals surface area contributed by atoms with Crippen molar-refractivity contribution >= 4 is 0 Å². The minimum absolute atomic E-state index is 0.594. The lowest BCUT2D eigenvalue weighted by atomic mass is 9.89. The third-order valence-electron chi connectivity index (χ3n) is 4.36. The van der Waals surface area contributed by atoms with Crippen molar-refractivity contribution in [3.8, 4) is 5.75 Å². The van der Waals surface area contributed by atoms with Gasteiger partial charge in [-0.3, -0.25) is 0 Å². The van der Waals surface area contributed by atoms with Crippen LogP contribution < -0.4 is 10.1 Å². The Balaban J connectivity index is 1.94. The molecule has 0 aliphatic carbocycles. The zero-order chi connectivity index (χ0) is 13.8. The zero-order valence-corrected chi connectivity index (χ0v) is 12.5. The van der Waals surface area contributed by atoms with Crippen LogP contribution in [0.5, 0.6) is 5.75 Å². The second kappa shape index (κ2) is 6.40. The molecule has 3 nitrogen and oxygen atoms in total. The van der Waals surface area contributed by atoms with E-state index in [1.54, 1.807) is 7.11 Å². The summed E-state index contributed by atoms with van der Waals surface area (Å²) in [7, 11) is 3.96. The summed E-state index contributed by atoms with van der Waals surface area (Å²) < 4.78 is 5.40. The summed E-state index contributed by atoms with van der Waals surface area (Å²) >= 11 is 0. The van der Waals surface area contributed by atoms with Gasteiger partial charge < -0.3 is 15.0 Å². The Labute approximate surface area is 116 Å². The van der Waals surface area contributed by atoms with Gasteiger partial charge in [0.05, 0.1) is 7.11 Å². The van der Waals surface area contributed by atoms with Crippen LogP contribution in [0.1, 0.15) is 25.8 Å². The molecule has 0 amide bonds. The zero-order valence-electron chi connectivity index (χ0n) is 12.5. The van der Waals surface area contributed by atoms with Crippen molar-refractivity contribution in [1.82, 2.24) is 10.2 Å². The van der Waals surface area contributed by atoms with E-state index >= 15 is 0 Å². The molecule has 1 heterocycles. The summed E-state index contributed by atoms with van der Waals surface area (Å²) in [5.74, 6) is 1.67. The molecule has 1 aliphatic rings. The summed E-state index contributed by atoms with van der Waals surface area (Å²) in [6, 6.07) is 9.50. The fraction of sp³-hybridized carbons (Fsp3) is 0.625. The lowest BCUT2D eigenvalue weighted by molar-refractivity contribution is 0.121. The molecule has 1 saturated heterocycles. The number of benzene rings is 1. The largest absolute Gasteiger partial charge is 0.496 e. The van der Waals surface area contributed by atoms with Crippen LogP contribution in [-0.4, -0.2) is 37.7 Å². The Morgan fingerprint density at radius 2 is 2.05 bits per heavy atom. The van der Waals surface area contributed by atoms with E-state index in [9.17, 15) is 0 Å². The second-order valence-corrected chi connectivity index (χ2v) is 5.80. The Hall–Kier alpha value is -1.06. The number of nitrogens with one attached hydrogen (secondary N) is 1. The molecule has 1 aromatic carbocycles. The number of rotatable bonds is 4. The van der Waals surface area contributed by atoms with Crippen molar-refractivity contribution < 1.29 is 4.74 Å². The molecule has 2 rings (SSSR count). The first-order valence-electron chi connectivity index (χ1n) is 7.17. The summed E-state index contributed by atoms with van der Waals surface area (Å²) in [6.07, 6.45) is 1.22. The van der Waals surface area contributed by atoms with E-state index in [4.69, 9.17) is 4.74 Å². The van der Waals surface area contributed by atoms with Gasteiger partial charge in [-0.15, -0.1) is 0 Å². The summed E-state index contributed by atoms with van der Waals surface area (Å²) in [4.78, 5) is 2.45. The molecule has 3 unspecified atom stereocenters. The lowest BCUT2D eigenvalue weighted by Gasteiger charge is -2.40. The van der Waals surface area contributed by atoms with Crippen LogP contribution >= 0.6 is 0 Å². The van der Waals surface area contributed by atoms with Crippen molar-refractivity contribution in [2.24, 2.45) is 5.92 Å². The second-order valence-electron chi connectivity index (χ2n) is 5.80. The molecule has 1 aliphatic heterocycles. The molecule has 0 radical (unpaired) electrons. The predicted molar refractivity (Wildman–Crippen MR) is 79.5 cm³/mol. The van der Waals surface area contributed by atoms with Gasteiger partial charge in [-0.2, -0.15) is 0 Å². The van der Waals surface area contributed by atoms with Gasteiger partial charge in [0.25, 0.3) is 0 Å². The minimum Gasteiger partial charge on any atom is -0.496 e. The average Bonchev–Trinajstić information content (AvgIpc) is 2.41. The number of ether oxygens (including phenoxy) is 1. The molecule has 3 heteroatoms. The lowest BCUT2D eigenvalue weighted by Crippen LogP contribution is -2.50. The first-order chi connectivity index (χ1) is 9.11. The molecule has 0 bridgehead atoms. The van der Waals surface area contributed by atoms with Crippen LogP contribution in [0.3, 0.4) is 0 Å². The molecule has 0 spiro atoms. The van der Waals surface area contributed by atoms with Crippen molar-refractivity contribution in [3.63, 3.8) is 0 Å². The Morgan fingerprint density at radius 3 is 2.79 bits per heavy atom. The van der Waals surface area contributed by atoms with Crippen LogP contribution in [0.25, 0.3) is 0 Å². The van der Waals surface area contributed by atoms with Gasteiger partial charge in [-0.05, 0) is 32.4 Å². The number of piperidine rings is 1. The maximum atomic E-state index is 5.40. The molecule has 0 saturated carbocycles. The van der Waals surface area contributed by atoms with Crippen LogP contribution in [-0.2, 0) is 6.54 Å². The van der Waals surface area contributed by atoms with Crippen LogP contribution in [0.2, 0.25) is 0 Å². The van der Waals surface area contributed by atoms with E-state index in [0.717, 1.165) is 12.3 Å². The fourth-order valence-corrected chi connectivity index (χ4v) is 2.92. The third-order valence-corrected chi connectivity index (χ3v) is 4.36. The Bertz CT molecular complexity index is 407. The van der Waals surface area contributed by atoms with Gasteiger partial charge in [-0.1, -0.05) is 25.1 Å². The van der Waals surface area contributed by atoms with E-state index < -0.39 is 0 Å². The van der Waals surface area contributed by atoms with Gasteiger partial charge in [0, 0.05) is 30.7 Å². The molecular formula is C16H26N2O. The normalized spacial score (nSPS) is 28.3. The molecule has 106 valence electrons. The maximum absolute atomic E-state index is 5.40. The number of likely N-dealkylation sites (tertiary alicyclic amines) is 1. The number of methoxy groups -OCH3 is 1. The average molecular weight is 262 g/mol. The monoisotopic (exact) mass is 262 g/mol. The smallest absolute Gasteiger partial charge is 0.123 e. The number of hydrogen-bond donors (Lipinski definition) is 1. The first kappa shape index (κ1) is 14.4. The van der Waals surface area contributed by atoms with Gasteiger partial charge in [0.2, 0.25) is 0 Å². The van der Waals surface area contributed by atoms with Crippen molar-refractivity contribution in [2.75, 3.05) is 20.7 Å². The highest BCUT2D eigenvalue weighted by atomic mass is 16.5. The standard InChI is InChI=1S/C16H26N2O/c1-12-11-18(3)13(2)9-15(12)17-10-14-7-5-6-8-16(14)19-4/h5-8,12-13,15,17H,9-11H2,1-4H3. The molecule has 0 aromatic heterocycles. The van der Waals surface area contributed by atoms with Crippen molar-refractivity contribution in [2.45, 2.75) is 38.9 Å². The molecule has 1 aromatic rings. The number of nitrogens with zero attached hydrogens (tertiary/aromatic N) is 1. The van der Waals surface area contributed by atoms with E-state index in [2.05, 4.69) is 43.2 Å². The predicted octanol–water partition coefficient (Wildman–Crippen LogP) is 2.51. The molecule has 1 fully saturated rings. The van der Waals surface area contributed by atoms with Gasteiger partial charge in [-0.25, -0.2) is 0 Å². The SMILES string of the molecule is COc1ccccc1CNC1CC(C)N(C)CC1C. The van der Waals surface area contributed by atoms with Gasteiger partial charge in [0.1, 0.15) is 5.75 Å².